The molecule has 1 atom stereocenters. The van der Waals surface area contributed by atoms with Crippen molar-refractivity contribution in [2.45, 2.75) is 51.7 Å². The number of nitrogens with one attached hydrogen (secondary N) is 2. The molecule has 2 N–H and O–H groups in total. The van der Waals surface area contributed by atoms with Crippen LogP contribution in [0, 0.1) is 0 Å². The Bertz CT molecular complexity index is 1280. The zero-order valence-corrected chi connectivity index (χ0v) is 20.2. The highest BCUT2D eigenvalue weighted by Gasteiger charge is 2.26. The summed E-state index contributed by atoms with van der Waals surface area (Å²) in [7, 11) is 0. The quantitative estimate of drug-likeness (QED) is 0.373. The molecule has 1 fully saturated rings. The highest BCUT2D eigenvalue weighted by molar-refractivity contribution is 6.01. The van der Waals surface area contributed by atoms with Crippen LogP contribution in [0.25, 0.3) is 22.2 Å². The normalized spacial score (nSPS) is 16.1. The third-order valence-corrected chi connectivity index (χ3v) is 6.42. The predicted molar refractivity (Wildman–Crippen MR) is 137 cm³/mol. The average Bonchev–Trinajstić information content (AvgIpc) is 3.50. The Balaban J connectivity index is 1.29. The molecule has 1 unspecified atom stereocenters. The van der Waals surface area contributed by atoms with Crippen molar-refractivity contribution in [3.05, 3.63) is 78.0 Å². The van der Waals surface area contributed by atoms with Crippen LogP contribution in [0.4, 0.5) is 0 Å². The van der Waals surface area contributed by atoms with Gasteiger partial charge in [-0.3, -0.25) is 15.3 Å². The Morgan fingerprint density at radius 1 is 1.17 bits per heavy atom. The molecule has 1 aliphatic rings. The van der Waals surface area contributed by atoms with Crippen LogP contribution < -0.4 is 10.2 Å². The van der Waals surface area contributed by atoms with Crippen molar-refractivity contribution < 1.29 is 9.53 Å². The number of carbonyl (C=O) groups excluding carboxylic acids is 1. The molecular weight excluding hydrogens is 438 g/mol. The van der Waals surface area contributed by atoms with Crippen LogP contribution in [-0.2, 0) is 6.42 Å². The average molecular weight is 470 g/mol. The van der Waals surface area contributed by atoms with Crippen molar-refractivity contribution >= 4 is 16.8 Å². The van der Waals surface area contributed by atoms with E-state index in [0.29, 0.717) is 17.5 Å². The van der Waals surface area contributed by atoms with Gasteiger partial charge in [-0.2, -0.15) is 5.10 Å². The van der Waals surface area contributed by atoms with Crippen molar-refractivity contribution in [1.82, 2.24) is 25.6 Å². The zero-order chi connectivity index (χ0) is 24.2. The van der Waals surface area contributed by atoms with E-state index in [0.717, 1.165) is 54.4 Å². The van der Waals surface area contributed by atoms with E-state index in [2.05, 4.69) is 49.9 Å². The van der Waals surface area contributed by atoms with Gasteiger partial charge in [0, 0.05) is 41.4 Å². The summed E-state index contributed by atoms with van der Waals surface area (Å²) in [6, 6.07) is 20.3. The summed E-state index contributed by atoms with van der Waals surface area (Å²) >= 11 is 0. The molecule has 180 valence electrons. The maximum absolute atomic E-state index is 13.2. The minimum absolute atomic E-state index is 0.0641. The Morgan fingerprint density at radius 3 is 2.80 bits per heavy atom. The topological polar surface area (TPSA) is 83.1 Å². The SMILES string of the molecule is CC(C)Oc1ccc(-c2n[nH]c3ccc(C(=O)NN4CCCC4CCc4ccccc4)cc23)cn1. The molecule has 1 saturated heterocycles. The van der Waals surface area contributed by atoms with Gasteiger partial charge in [-0.1, -0.05) is 30.3 Å². The smallest absolute Gasteiger partial charge is 0.265 e. The van der Waals surface area contributed by atoms with Gasteiger partial charge in [-0.15, -0.1) is 0 Å². The Kier molecular flexibility index (Phi) is 6.77. The van der Waals surface area contributed by atoms with Gasteiger partial charge in [0.1, 0.15) is 5.69 Å². The standard InChI is InChI=1S/C28H31N5O2/c1-19(2)35-26-15-12-22(18-29-26)27-24-17-21(11-14-25(24)30-31-27)28(34)32-33-16-6-9-23(33)13-10-20-7-4-3-5-8-20/h3-5,7-8,11-12,14-15,17-19,23H,6,9-10,13,16H2,1-2H3,(H,30,31)(H,32,34). The molecule has 0 spiro atoms. The van der Waals surface area contributed by atoms with E-state index in [-0.39, 0.29) is 12.0 Å². The molecule has 0 saturated carbocycles. The van der Waals surface area contributed by atoms with Crippen LogP contribution in [-0.4, -0.2) is 44.8 Å². The van der Waals surface area contributed by atoms with E-state index in [1.807, 2.05) is 50.2 Å². The molecule has 2 aromatic carbocycles. The first kappa shape index (κ1) is 23.1. The molecule has 2 aromatic heterocycles. The summed E-state index contributed by atoms with van der Waals surface area (Å²) in [6.45, 7) is 4.81. The van der Waals surface area contributed by atoms with E-state index in [9.17, 15) is 4.79 Å². The minimum atomic E-state index is -0.0931. The van der Waals surface area contributed by atoms with Crippen molar-refractivity contribution in [3.8, 4) is 17.1 Å². The third-order valence-electron chi connectivity index (χ3n) is 6.42. The highest BCUT2D eigenvalue weighted by atomic mass is 16.5. The second-order valence-electron chi connectivity index (χ2n) is 9.34. The van der Waals surface area contributed by atoms with Gasteiger partial charge in [0.2, 0.25) is 5.88 Å². The summed E-state index contributed by atoms with van der Waals surface area (Å²) in [4.78, 5) is 17.6. The van der Waals surface area contributed by atoms with Gasteiger partial charge >= 0.3 is 0 Å². The van der Waals surface area contributed by atoms with Crippen LogP contribution in [0.2, 0.25) is 0 Å². The van der Waals surface area contributed by atoms with Crippen molar-refractivity contribution in [2.75, 3.05) is 6.54 Å². The first-order valence-corrected chi connectivity index (χ1v) is 12.3. The molecule has 4 aromatic rings. The predicted octanol–water partition coefficient (Wildman–Crippen LogP) is 5.15. The second kappa shape index (κ2) is 10.3. The maximum atomic E-state index is 13.2. The molecule has 7 nitrogen and oxygen atoms in total. The lowest BCUT2D eigenvalue weighted by atomic mass is 10.0. The Hall–Kier alpha value is -3.71. The van der Waals surface area contributed by atoms with Gasteiger partial charge in [0.25, 0.3) is 5.91 Å². The summed E-state index contributed by atoms with van der Waals surface area (Å²) in [5.74, 6) is 0.487. The molecule has 0 radical (unpaired) electrons. The molecule has 1 aliphatic heterocycles. The number of benzene rings is 2. The van der Waals surface area contributed by atoms with Gasteiger partial charge < -0.3 is 4.74 Å². The number of ether oxygens (including phenoxy) is 1. The molecule has 35 heavy (non-hydrogen) atoms. The highest BCUT2D eigenvalue weighted by Crippen LogP contribution is 2.28. The van der Waals surface area contributed by atoms with Crippen LogP contribution in [0.5, 0.6) is 5.88 Å². The lowest BCUT2D eigenvalue weighted by molar-refractivity contribution is 0.0757. The summed E-state index contributed by atoms with van der Waals surface area (Å²) in [6.07, 6.45) is 6.04. The fourth-order valence-electron chi connectivity index (χ4n) is 4.66. The Labute approximate surface area is 205 Å². The first-order chi connectivity index (χ1) is 17.1. The van der Waals surface area contributed by atoms with Gasteiger partial charge in [-0.05, 0) is 69.4 Å². The minimum Gasteiger partial charge on any atom is -0.475 e. The molecule has 0 aliphatic carbocycles. The number of rotatable bonds is 8. The van der Waals surface area contributed by atoms with E-state index in [1.54, 1.807) is 6.20 Å². The monoisotopic (exact) mass is 469 g/mol. The molecule has 1 amide bonds. The largest absolute Gasteiger partial charge is 0.475 e. The number of aryl methyl sites for hydroxylation is 1. The lowest BCUT2D eigenvalue weighted by Crippen LogP contribution is -2.45. The van der Waals surface area contributed by atoms with Crippen LogP contribution in [0.3, 0.4) is 0 Å². The molecule has 3 heterocycles. The maximum Gasteiger partial charge on any atom is 0.265 e. The van der Waals surface area contributed by atoms with Crippen LogP contribution >= 0.6 is 0 Å². The number of fused-ring (bicyclic) bond motifs is 1. The number of carbonyl (C=O) groups is 1. The van der Waals surface area contributed by atoms with Gasteiger partial charge in [0.05, 0.1) is 11.6 Å². The van der Waals surface area contributed by atoms with Crippen LogP contribution in [0.1, 0.15) is 49.0 Å². The number of hydrazine groups is 1. The lowest BCUT2D eigenvalue weighted by Gasteiger charge is -2.25. The number of hydrogen-bond acceptors (Lipinski definition) is 5. The third kappa shape index (κ3) is 5.35. The van der Waals surface area contributed by atoms with E-state index in [1.165, 1.54) is 5.56 Å². The molecule has 7 heteroatoms. The van der Waals surface area contributed by atoms with Gasteiger partial charge in [-0.25, -0.2) is 9.99 Å². The van der Waals surface area contributed by atoms with E-state index < -0.39 is 0 Å². The number of hydrogen-bond donors (Lipinski definition) is 2. The Morgan fingerprint density at radius 2 is 2.03 bits per heavy atom. The number of amides is 1. The van der Waals surface area contributed by atoms with Crippen molar-refractivity contribution in [2.24, 2.45) is 0 Å². The second-order valence-corrected chi connectivity index (χ2v) is 9.34. The fourth-order valence-corrected chi connectivity index (χ4v) is 4.66. The van der Waals surface area contributed by atoms with E-state index in [4.69, 9.17) is 4.74 Å². The van der Waals surface area contributed by atoms with E-state index >= 15 is 0 Å². The van der Waals surface area contributed by atoms with Gasteiger partial charge in [0.15, 0.2) is 0 Å². The fraction of sp³-hybridized carbons (Fsp3) is 0.321. The summed E-state index contributed by atoms with van der Waals surface area (Å²) in [5.41, 5.74) is 7.61. The van der Waals surface area contributed by atoms with Crippen molar-refractivity contribution in [1.29, 1.82) is 0 Å². The molecular formula is C28H31N5O2. The number of aromatic amines is 1. The number of aromatic nitrogens is 3. The number of H-pyrrole nitrogens is 1. The summed E-state index contributed by atoms with van der Waals surface area (Å²) in [5, 5.41) is 10.5. The zero-order valence-electron chi connectivity index (χ0n) is 20.2. The number of pyridine rings is 1. The molecule has 0 bridgehead atoms. The number of nitrogens with zero attached hydrogens (tertiary/aromatic N) is 3. The first-order valence-electron chi connectivity index (χ1n) is 12.3. The summed E-state index contributed by atoms with van der Waals surface area (Å²) < 4.78 is 5.64. The molecule has 5 rings (SSSR count). The van der Waals surface area contributed by atoms with Crippen molar-refractivity contribution in [3.63, 3.8) is 0 Å². The van der Waals surface area contributed by atoms with Crippen LogP contribution in [0.15, 0.2) is 66.9 Å².